The lowest BCUT2D eigenvalue weighted by Gasteiger charge is -2.14. The number of alkyl halides is 6. The van der Waals surface area contributed by atoms with Crippen LogP contribution in [-0.4, -0.2) is 12.8 Å². The maximum Gasteiger partial charge on any atom is 0.417 e. The standard InChI is InChI=1S/C13H12F7N/c1-2-3-4-21-7-9-10(13(18,19)20)5-8(6-11(9)14)12(15,16)17/h5-7H,2-4H2,1H3. The van der Waals surface area contributed by atoms with Gasteiger partial charge in [0.2, 0.25) is 0 Å². The lowest BCUT2D eigenvalue weighted by atomic mass is 10.0. The summed E-state index contributed by atoms with van der Waals surface area (Å²) < 4.78 is 89.3. The highest BCUT2D eigenvalue weighted by molar-refractivity contribution is 5.82. The Balaban J connectivity index is 3.33. The summed E-state index contributed by atoms with van der Waals surface area (Å²) in [5.74, 6) is -1.60. The molecule has 0 aliphatic rings. The van der Waals surface area contributed by atoms with Gasteiger partial charge in [-0.3, -0.25) is 4.99 Å². The van der Waals surface area contributed by atoms with Gasteiger partial charge in [0, 0.05) is 18.3 Å². The first-order chi connectivity index (χ1) is 9.57. The van der Waals surface area contributed by atoms with Gasteiger partial charge in [0.15, 0.2) is 0 Å². The number of aliphatic imine (C=N–C) groups is 1. The second-order valence-electron chi connectivity index (χ2n) is 4.30. The van der Waals surface area contributed by atoms with E-state index >= 15 is 0 Å². The van der Waals surface area contributed by atoms with Crippen LogP contribution in [0.5, 0.6) is 0 Å². The van der Waals surface area contributed by atoms with Crippen molar-refractivity contribution in [2.24, 2.45) is 4.99 Å². The Labute approximate surface area is 116 Å². The lowest BCUT2D eigenvalue weighted by Crippen LogP contribution is -2.15. The molecule has 0 spiro atoms. The van der Waals surface area contributed by atoms with Crippen LogP contribution in [0.1, 0.15) is 36.5 Å². The first-order valence-corrected chi connectivity index (χ1v) is 6.05. The van der Waals surface area contributed by atoms with Gasteiger partial charge in [-0.15, -0.1) is 0 Å². The van der Waals surface area contributed by atoms with Gasteiger partial charge >= 0.3 is 12.4 Å². The fourth-order valence-corrected chi connectivity index (χ4v) is 1.55. The first-order valence-electron chi connectivity index (χ1n) is 6.05. The zero-order chi connectivity index (χ0) is 16.3. The first kappa shape index (κ1) is 17.5. The molecule has 1 aromatic rings. The monoisotopic (exact) mass is 315 g/mol. The molecule has 0 saturated heterocycles. The zero-order valence-corrected chi connectivity index (χ0v) is 10.9. The van der Waals surface area contributed by atoms with Gasteiger partial charge < -0.3 is 0 Å². The minimum atomic E-state index is -5.10. The van der Waals surface area contributed by atoms with Crippen molar-refractivity contribution in [3.05, 3.63) is 34.6 Å². The summed E-state index contributed by atoms with van der Waals surface area (Å²) >= 11 is 0. The van der Waals surface area contributed by atoms with Crippen LogP contribution in [0.3, 0.4) is 0 Å². The SMILES string of the molecule is CCCCN=Cc1c(F)cc(C(F)(F)F)cc1C(F)(F)F. The van der Waals surface area contributed by atoms with Crippen molar-refractivity contribution in [2.75, 3.05) is 6.54 Å². The molecule has 0 amide bonds. The summed E-state index contributed by atoms with van der Waals surface area (Å²) in [6.45, 7) is 2.00. The second kappa shape index (κ2) is 6.44. The van der Waals surface area contributed by atoms with Crippen molar-refractivity contribution in [2.45, 2.75) is 32.1 Å². The Kier molecular flexibility index (Phi) is 5.36. The van der Waals surface area contributed by atoms with Crippen LogP contribution in [0, 0.1) is 5.82 Å². The molecule has 0 bridgehead atoms. The fraction of sp³-hybridized carbons (Fsp3) is 0.462. The number of hydrogen-bond acceptors (Lipinski definition) is 1. The lowest BCUT2D eigenvalue weighted by molar-refractivity contribution is -0.143. The largest absolute Gasteiger partial charge is 0.417 e. The van der Waals surface area contributed by atoms with E-state index in [1.165, 1.54) is 0 Å². The molecule has 0 N–H and O–H groups in total. The maximum absolute atomic E-state index is 13.6. The molecule has 21 heavy (non-hydrogen) atoms. The highest BCUT2D eigenvalue weighted by Crippen LogP contribution is 2.38. The summed E-state index contributed by atoms with van der Waals surface area (Å²) in [6.07, 6.45) is -8.21. The van der Waals surface area contributed by atoms with Crippen molar-refractivity contribution in [1.82, 2.24) is 0 Å². The van der Waals surface area contributed by atoms with E-state index in [9.17, 15) is 30.7 Å². The molecule has 118 valence electrons. The second-order valence-corrected chi connectivity index (χ2v) is 4.30. The van der Waals surface area contributed by atoms with E-state index in [4.69, 9.17) is 0 Å². The Morgan fingerprint density at radius 1 is 1.05 bits per heavy atom. The minimum Gasteiger partial charge on any atom is -0.292 e. The molecule has 0 aliphatic heterocycles. The van der Waals surface area contributed by atoms with Crippen LogP contribution in [0.4, 0.5) is 30.7 Å². The van der Waals surface area contributed by atoms with Crippen LogP contribution in [-0.2, 0) is 12.4 Å². The van der Waals surface area contributed by atoms with Crippen molar-refractivity contribution in [3.8, 4) is 0 Å². The van der Waals surface area contributed by atoms with Gasteiger partial charge in [0.25, 0.3) is 0 Å². The highest BCUT2D eigenvalue weighted by Gasteiger charge is 2.39. The molecule has 0 unspecified atom stereocenters. The predicted molar refractivity (Wildman–Crippen MR) is 63.8 cm³/mol. The molecule has 1 nitrogen and oxygen atoms in total. The molecular weight excluding hydrogens is 303 g/mol. The summed E-state index contributed by atoms with van der Waals surface area (Å²) in [5.41, 5.74) is -4.35. The van der Waals surface area contributed by atoms with E-state index in [0.717, 1.165) is 6.42 Å². The molecule has 1 aromatic carbocycles. The van der Waals surface area contributed by atoms with E-state index in [1.807, 2.05) is 6.92 Å². The number of hydrogen-bond donors (Lipinski definition) is 0. The molecule has 0 fully saturated rings. The summed E-state index contributed by atoms with van der Waals surface area (Å²) in [4.78, 5) is 3.61. The normalized spacial score (nSPS) is 13.1. The summed E-state index contributed by atoms with van der Waals surface area (Å²) in [7, 11) is 0. The van der Waals surface area contributed by atoms with Crippen LogP contribution in [0.25, 0.3) is 0 Å². The Bertz CT molecular complexity index is 514. The Hall–Kier alpha value is -1.60. The van der Waals surface area contributed by atoms with Gasteiger partial charge in [-0.25, -0.2) is 4.39 Å². The number of halogens is 7. The van der Waals surface area contributed by atoms with Crippen molar-refractivity contribution >= 4 is 6.21 Å². The van der Waals surface area contributed by atoms with Gasteiger partial charge in [-0.1, -0.05) is 13.3 Å². The molecular formula is C13H12F7N. The topological polar surface area (TPSA) is 12.4 Å². The number of unbranched alkanes of at least 4 members (excludes halogenated alkanes) is 1. The van der Waals surface area contributed by atoms with Crippen molar-refractivity contribution in [1.29, 1.82) is 0 Å². The molecule has 0 aliphatic carbocycles. The summed E-state index contributed by atoms with van der Waals surface area (Å²) in [6, 6.07) is -0.0688. The average Bonchev–Trinajstić information content (AvgIpc) is 2.33. The third-order valence-electron chi connectivity index (χ3n) is 2.62. The number of nitrogens with zero attached hydrogens (tertiary/aromatic N) is 1. The van der Waals surface area contributed by atoms with Crippen LogP contribution in [0.2, 0.25) is 0 Å². The number of benzene rings is 1. The van der Waals surface area contributed by atoms with E-state index in [-0.39, 0.29) is 18.7 Å². The summed E-state index contributed by atoms with van der Waals surface area (Å²) in [5, 5.41) is 0. The van der Waals surface area contributed by atoms with E-state index in [1.54, 1.807) is 0 Å². The third-order valence-corrected chi connectivity index (χ3v) is 2.62. The van der Waals surface area contributed by atoms with Gasteiger partial charge in [0.05, 0.1) is 11.1 Å². The predicted octanol–water partition coefficient (Wildman–Crippen LogP) is 5.08. The van der Waals surface area contributed by atoms with E-state index < -0.39 is 34.9 Å². The molecule has 0 heterocycles. The van der Waals surface area contributed by atoms with Crippen molar-refractivity contribution in [3.63, 3.8) is 0 Å². The molecule has 1 rings (SSSR count). The average molecular weight is 315 g/mol. The van der Waals surface area contributed by atoms with Gasteiger partial charge in [-0.2, -0.15) is 26.3 Å². The zero-order valence-electron chi connectivity index (χ0n) is 10.9. The maximum atomic E-state index is 13.6. The molecule has 0 radical (unpaired) electrons. The highest BCUT2D eigenvalue weighted by atomic mass is 19.4. The quantitative estimate of drug-likeness (QED) is 0.417. The fourth-order valence-electron chi connectivity index (χ4n) is 1.55. The Morgan fingerprint density at radius 3 is 2.14 bits per heavy atom. The molecule has 0 saturated carbocycles. The van der Waals surface area contributed by atoms with Crippen LogP contribution >= 0.6 is 0 Å². The van der Waals surface area contributed by atoms with Crippen molar-refractivity contribution < 1.29 is 30.7 Å². The van der Waals surface area contributed by atoms with Crippen LogP contribution in [0.15, 0.2) is 17.1 Å². The van der Waals surface area contributed by atoms with Gasteiger partial charge in [-0.05, 0) is 18.6 Å². The minimum absolute atomic E-state index is 0.0381. The third kappa shape index (κ3) is 4.71. The van der Waals surface area contributed by atoms with Gasteiger partial charge in [0.1, 0.15) is 5.82 Å². The molecule has 0 aromatic heterocycles. The van der Waals surface area contributed by atoms with E-state index in [0.29, 0.717) is 12.6 Å². The number of rotatable bonds is 4. The molecule has 8 heteroatoms. The van der Waals surface area contributed by atoms with E-state index in [2.05, 4.69) is 4.99 Å². The molecule has 0 atom stereocenters. The van der Waals surface area contributed by atoms with Crippen LogP contribution < -0.4 is 0 Å². The Morgan fingerprint density at radius 2 is 1.67 bits per heavy atom. The smallest absolute Gasteiger partial charge is 0.292 e.